The van der Waals surface area contributed by atoms with Gasteiger partial charge in [0.1, 0.15) is 7.14 Å². The summed E-state index contributed by atoms with van der Waals surface area (Å²) in [6, 6.07) is 14.4. The second-order valence-corrected chi connectivity index (χ2v) is 14.9. The summed E-state index contributed by atoms with van der Waals surface area (Å²) in [5.74, 6) is -1.30. The Morgan fingerprint density at radius 3 is 2.32 bits per heavy atom. The van der Waals surface area contributed by atoms with Crippen LogP contribution in [0, 0.1) is 12.3 Å². The molecule has 238 valence electrons. The molecule has 10 nitrogen and oxygen atoms in total. The van der Waals surface area contributed by atoms with E-state index in [9.17, 15) is 17.7 Å². The van der Waals surface area contributed by atoms with Gasteiger partial charge in [-0.15, -0.1) is 0 Å². The molecule has 0 unspecified atom stereocenters. The molecule has 1 saturated heterocycles. The summed E-state index contributed by atoms with van der Waals surface area (Å²) in [7, 11) is -0.905. The molecule has 3 aromatic rings. The maximum Gasteiger partial charge on any atom is 0.490 e. The predicted octanol–water partition coefficient (Wildman–Crippen LogP) is 5.87. The summed E-state index contributed by atoms with van der Waals surface area (Å²) in [6.07, 6.45) is 1.37. The Morgan fingerprint density at radius 2 is 1.77 bits per heavy atom. The lowest BCUT2D eigenvalue weighted by Gasteiger charge is -2.51. The molecular weight excluding hydrogens is 596 g/mol. The van der Waals surface area contributed by atoms with E-state index < -0.39 is 19.3 Å². The Labute approximate surface area is 254 Å². The molecule has 44 heavy (non-hydrogen) atoms. The molecule has 2 aliphatic rings. The van der Waals surface area contributed by atoms with Gasteiger partial charge in [0, 0.05) is 35.8 Å². The molecule has 2 fully saturated rings. The van der Waals surface area contributed by atoms with Gasteiger partial charge in [-0.3, -0.25) is 0 Å². The molecule has 0 amide bonds. The number of nitrogens with zero attached hydrogens (tertiary/aromatic N) is 3. The van der Waals surface area contributed by atoms with E-state index in [-0.39, 0.29) is 0 Å². The molecule has 1 spiro atoms. The van der Waals surface area contributed by atoms with E-state index in [0.29, 0.717) is 29.0 Å². The first-order valence-corrected chi connectivity index (χ1v) is 16.7. The van der Waals surface area contributed by atoms with Crippen LogP contribution < -0.4 is 31.3 Å². The van der Waals surface area contributed by atoms with E-state index in [1.165, 1.54) is 36.9 Å². The van der Waals surface area contributed by atoms with Gasteiger partial charge < -0.3 is 35.7 Å². The van der Waals surface area contributed by atoms with Crippen molar-refractivity contribution in [2.24, 2.45) is 11.1 Å². The second kappa shape index (κ2) is 13.0. The average molecular weight is 635 g/mol. The van der Waals surface area contributed by atoms with Gasteiger partial charge in [0.25, 0.3) is 0 Å². The Balaban J connectivity index is 0.000000566. The fourth-order valence-corrected chi connectivity index (χ4v) is 6.90. The van der Waals surface area contributed by atoms with Crippen LogP contribution in [0.25, 0.3) is 0 Å². The molecule has 0 atom stereocenters. The second-order valence-electron chi connectivity index (χ2n) is 11.7. The van der Waals surface area contributed by atoms with Crippen LogP contribution in [0.5, 0.6) is 5.75 Å². The summed E-state index contributed by atoms with van der Waals surface area (Å²) in [5, 5.41) is 14.5. The number of aromatic nitrogens is 2. The Morgan fingerprint density at radius 1 is 1.14 bits per heavy atom. The highest BCUT2D eigenvalue weighted by Gasteiger charge is 2.44. The molecule has 1 aliphatic carbocycles. The first-order chi connectivity index (χ1) is 20.6. The van der Waals surface area contributed by atoms with Crippen LogP contribution in [0.2, 0.25) is 0 Å². The number of carboxylic acid groups (broad SMARTS) is 1. The quantitative estimate of drug-likeness (QED) is 0.233. The van der Waals surface area contributed by atoms with Crippen LogP contribution in [-0.4, -0.2) is 66.8 Å². The van der Waals surface area contributed by atoms with Crippen molar-refractivity contribution in [3.63, 3.8) is 0 Å². The first-order valence-electron chi connectivity index (χ1n) is 14.1. The summed E-state index contributed by atoms with van der Waals surface area (Å²) < 4.78 is 50.0. The number of benzene rings is 2. The minimum Gasteiger partial charge on any atom is -0.491 e. The molecule has 1 aromatic heterocycles. The van der Waals surface area contributed by atoms with Gasteiger partial charge in [-0.1, -0.05) is 12.1 Å². The van der Waals surface area contributed by atoms with Gasteiger partial charge in [0.05, 0.1) is 19.0 Å². The highest BCUT2D eigenvalue weighted by molar-refractivity contribution is 7.70. The number of nitrogens with one attached hydrogen (secondary N) is 2. The first kappa shape index (κ1) is 33.1. The number of aliphatic carboxylic acids is 1. The number of nitrogens with two attached hydrogens (primary N) is 1. The van der Waals surface area contributed by atoms with Crippen molar-refractivity contribution in [1.82, 2.24) is 9.97 Å². The minimum absolute atomic E-state index is 0.407. The smallest absolute Gasteiger partial charge is 0.490 e. The zero-order valence-corrected chi connectivity index (χ0v) is 26.0. The number of aryl methyl sites for hydroxylation is 1. The Kier molecular flexibility index (Phi) is 9.80. The number of hydrogen-bond donors (Lipinski definition) is 4. The van der Waals surface area contributed by atoms with Gasteiger partial charge in [0.2, 0.25) is 5.95 Å². The zero-order chi connectivity index (χ0) is 32.3. The number of anilines is 5. The monoisotopic (exact) mass is 634 g/mol. The van der Waals surface area contributed by atoms with Gasteiger partial charge in [-0.25, -0.2) is 9.78 Å². The summed E-state index contributed by atoms with van der Waals surface area (Å²) in [5.41, 5.74) is 10.7. The van der Waals surface area contributed by atoms with Crippen LogP contribution in [0.15, 0.2) is 48.7 Å². The van der Waals surface area contributed by atoms with Crippen molar-refractivity contribution in [2.45, 2.75) is 44.8 Å². The number of piperidine rings is 1. The lowest BCUT2D eigenvalue weighted by Crippen LogP contribution is -2.52. The molecule has 1 saturated carbocycles. The molecule has 5 N–H and O–H groups in total. The van der Waals surface area contributed by atoms with Gasteiger partial charge in [0.15, 0.2) is 11.6 Å². The lowest BCUT2D eigenvalue weighted by atomic mass is 9.60. The number of rotatable bonds is 7. The van der Waals surface area contributed by atoms with Crippen molar-refractivity contribution >= 4 is 47.2 Å². The highest BCUT2D eigenvalue weighted by atomic mass is 31.2. The van der Waals surface area contributed by atoms with Crippen LogP contribution in [-0.2, 0) is 9.36 Å². The fraction of sp³-hybridized carbons (Fsp3) is 0.433. The third-order valence-corrected chi connectivity index (χ3v) is 9.51. The molecule has 5 rings (SSSR count). The topological polar surface area (TPSA) is 143 Å². The number of carboxylic acids is 1. The van der Waals surface area contributed by atoms with Crippen molar-refractivity contribution in [1.29, 1.82) is 0 Å². The van der Waals surface area contributed by atoms with E-state index in [4.69, 9.17) is 20.4 Å². The van der Waals surface area contributed by atoms with E-state index in [1.807, 2.05) is 24.3 Å². The third-order valence-electron chi connectivity index (χ3n) is 7.96. The maximum absolute atomic E-state index is 12.8. The third kappa shape index (κ3) is 8.00. The number of alkyl halides is 3. The van der Waals surface area contributed by atoms with Gasteiger partial charge in [-0.2, -0.15) is 18.2 Å². The van der Waals surface area contributed by atoms with Crippen molar-refractivity contribution in [3.05, 3.63) is 54.2 Å². The van der Waals surface area contributed by atoms with Crippen LogP contribution in [0.4, 0.5) is 42.0 Å². The van der Waals surface area contributed by atoms with E-state index in [0.717, 1.165) is 29.8 Å². The summed E-state index contributed by atoms with van der Waals surface area (Å²) in [6.45, 7) is 7.83. The molecule has 2 aromatic carbocycles. The molecule has 14 heteroatoms. The summed E-state index contributed by atoms with van der Waals surface area (Å²) >= 11 is 0. The van der Waals surface area contributed by atoms with Gasteiger partial charge >= 0.3 is 12.1 Å². The molecule has 0 bridgehead atoms. The lowest BCUT2D eigenvalue weighted by molar-refractivity contribution is -0.192. The number of halogens is 3. The van der Waals surface area contributed by atoms with Crippen molar-refractivity contribution < 1.29 is 32.4 Å². The fourth-order valence-electron chi connectivity index (χ4n) is 5.75. The number of para-hydroxylation sites is 1. The van der Waals surface area contributed by atoms with E-state index in [2.05, 4.69) is 50.6 Å². The maximum atomic E-state index is 12.8. The summed E-state index contributed by atoms with van der Waals surface area (Å²) in [4.78, 5) is 20.5. The molecule has 1 aliphatic heterocycles. The standard InChI is InChI=1S/C28H37N6O2P.C2HF3O2/c1-19-15-21(9-10-23(19)34-13-11-28(12-14-34)16-20(29)17-28)31-27-30-18-24(36-2)26(33-27)32-22-7-5-6-8-25(22)37(3,4)35;3-2(4,5)1(6)7/h5-10,15,18,20H,11-14,16-17,29H2,1-4H3,(H2,30,31,32,33);(H,6,7). The average Bonchev–Trinajstić information content (AvgIpc) is 2.93. The van der Waals surface area contributed by atoms with E-state index in [1.54, 1.807) is 26.6 Å². The number of methoxy groups -OCH3 is 1. The number of carbonyl (C=O) groups is 1. The normalized spacial score (nSPS) is 16.4. The Hall–Kier alpha value is -3.83. The van der Waals surface area contributed by atoms with Crippen LogP contribution >= 0.6 is 7.14 Å². The zero-order valence-electron chi connectivity index (χ0n) is 25.1. The SMILES string of the molecule is COc1cnc(Nc2ccc(N3CCC4(CC3)CC(N)C4)c(C)c2)nc1Nc1ccccc1P(C)(C)=O.O=C(O)C(F)(F)F. The molecule has 0 radical (unpaired) electrons. The van der Waals surface area contributed by atoms with Crippen molar-refractivity contribution in [3.8, 4) is 5.75 Å². The largest absolute Gasteiger partial charge is 0.491 e. The highest BCUT2D eigenvalue weighted by Crippen LogP contribution is 2.49. The van der Waals surface area contributed by atoms with E-state index >= 15 is 0 Å². The predicted molar refractivity (Wildman–Crippen MR) is 167 cm³/mol. The van der Waals surface area contributed by atoms with Crippen LogP contribution in [0.1, 0.15) is 31.2 Å². The Bertz CT molecular complexity index is 1530. The number of hydrogen-bond acceptors (Lipinski definition) is 9. The molecule has 2 heterocycles. The van der Waals surface area contributed by atoms with Crippen molar-refractivity contribution in [2.75, 3.05) is 49.1 Å². The number of ether oxygens (including phenoxy) is 1. The van der Waals surface area contributed by atoms with Gasteiger partial charge in [-0.05, 0) is 87.2 Å². The molecular formula is C30H38F3N6O4P. The van der Waals surface area contributed by atoms with Crippen LogP contribution in [0.3, 0.4) is 0 Å². The minimum atomic E-state index is -5.08.